The van der Waals surface area contributed by atoms with Crippen LogP contribution in [0.2, 0.25) is 5.15 Å². The summed E-state index contributed by atoms with van der Waals surface area (Å²) in [5.41, 5.74) is 21.2. The van der Waals surface area contributed by atoms with Gasteiger partial charge in [0.1, 0.15) is 10.9 Å². The van der Waals surface area contributed by atoms with Gasteiger partial charge in [0.15, 0.2) is 5.16 Å². The van der Waals surface area contributed by atoms with Gasteiger partial charge in [0.05, 0.1) is 22.5 Å². The Bertz CT molecular complexity index is 3170. The van der Waals surface area contributed by atoms with E-state index in [-0.39, 0.29) is 10.6 Å². The van der Waals surface area contributed by atoms with E-state index in [0.29, 0.717) is 22.3 Å². The first-order valence-corrected chi connectivity index (χ1v) is 22.2. The fraction of sp³-hybridized carbons (Fsp3) is 0.212. The third-order valence-electron chi connectivity index (χ3n) is 11.6. The van der Waals surface area contributed by atoms with Gasteiger partial charge in [-0.1, -0.05) is 91.7 Å². The van der Waals surface area contributed by atoms with E-state index in [1.54, 1.807) is 0 Å². The monoisotopic (exact) mass is 840 g/mol. The van der Waals surface area contributed by atoms with Crippen molar-refractivity contribution in [3.05, 3.63) is 140 Å². The Hall–Kier alpha value is -6.09. The van der Waals surface area contributed by atoms with Crippen molar-refractivity contribution in [2.24, 2.45) is 0 Å². The minimum absolute atomic E-state index is 0.0107. The molecule has 0 unspecified atom stereocenters. The third-order valence-corrected chi connectivity index (χ3v) is 12.4. The van der Waals surface area contributed by atoms with E-state index in [1.807, 2.05) is 18.4 Å². The highest BCUT2D eigenvalue weighted by Crippen LogP contribution is 2.44. The molecule has 0 fully saturated rings. The molecular formula is C52H49ClN6OS. The molecule has 3 aromatic carbocycles. The number of aromatic nitrogens is 6. The highest BCUT2D eigenvalue weighted by molar-refractivity contribution is 7.98. The summed E-state index contributed by atoms with van der Waals surface area (Å²) in [5, 5.41) is 0.788. The third kappa shape index (κ3) is 7.42. The number of fused-ring (bicyclic) bond motifs is 9. The summed E-state index contributed by atoms with van der Waals surface area (Å²) in [4.78, 5) is 26.7. The zero-order valence-corrected chi connectivity index (χ0v) is 37.8. The zero-order valence-electron chi connectivity index (χ0n) is 36.3. The lowest BCUT2D eigenvalue weighted by Gasteiger charge is -2.19. The summed E-state index contributed by atoms with van der Waals surface area (Å²) in [7, 11) is 0. The molecule has 8 aromatic rings. The average Bonchev–Trinajstić information content (AvgIpc) is 4.04. The van der Waals surface area contributed by atoms with E-state index in [4.69, 9.17) is 31.3 Å². The van der Waals surface area contributed by atoms with Crippen LogP contribution in [-0.4, -0.2) is 36.2 Å². The van der Waals surface area contributed by atoms with Gasteiger partial charge >= 0.3 is 0 Å². The van der Waals surface area contributed by atoms with Crippen LogP contribution in [0.15, 0.2) is 90.1 Å². The summed E-state index contributed by atoms with van der Waals surface area (Å²) in [6, 6.07) is 29.9. The van der Waals surface area contributed by atoms with Gasteiger partial charge in [-0.25, -0.2) is 9.97 Å². The van der Waals surface area contributed by atoms with Crippen molar-refractivity contribution < 1.29 is 4.74 Å². The average molecular weight is 842 g/mol. The van der Waals surface area contributed by atoms with Gasteiger partial charge in [0.25, 0.3) is 0 Å². The van der Waals surface area contributed by atoms with E-state index >= 15 is 0 Å². The van der Waals surface area contributed by atoms with Crippen LogP contribution in [0, 0.1) is 41.5 Å². The van der Waals surface area contributed by atoms with Crippen molar-refractivity contribution >= 4 is 68.6 Å². The smallest absolute Gasteiger partial charge is 0.232 e. The fourth-order valence-electron chi connectivity index (χ4n) is 9.00. The first-order chi connectivity index (χ1) is 29.2. The van der Waals surface area contributed by atoms with Crippen LogP contribution >= 0.6 is 23.4 Å². The molecule has 1 aliphatic rings. The van der Waals surface area contributed by atoms with E-state index < -0.39 is 0 Å². The SMILES string of the molecule is CSc1nc(Cl)c(-c2c3ccc([nH]3)c(-c3c(C)cc(C)cc3C)c3nc(c4ccc([nH]4)c(-c4c(C)cc(C)cc4C)c4ccc2[nH]4)C=C3)c(Oc2ccc(C(C)(C)C)cc2)n1. The Morgan fingerprint density at radius 1 is 0.508 bits per heavy atom. The number of aromatic amines is 3. The number of nitrogens with one attached hydrogen (secondary N) is 3. The lowest BCUT2D eigenvalue weighted by Crippen LogP contribution is -2.10. The second kappa shape index (κ2) is 15.4. The van der Waals surface area contributed by atoms with Crippen molar-refractivity contribution in [3.63, 3.8) is 0 Å². The van der Waals surface area contributed by atoms with Crippen LogP contribution in [0.4, 0.5) is 0 Å². The number of rotatable bonds is 6. The van der Waals surface area contributed by atoms with E-state index in [0.717, 1.165) is 72.3 Å². The molecule has 0 saturated carbocycles. The molecule has 0 saturated heterocycles. The Morgan fingerprint density at radius 2 is 0.951 bits per heavy atom. The molecule has 61 heavy (non-hydrogen) atoms. The van der Waals surface area contributed by atoms with Crippen molar-refractivity contribution in [1.29, 1.82) is 0 Å². The number of benzene rings is 3. The Morgan fingerprint density at radius 3 is 1.46 bits per heavy atom. The number of thioether (sulfide) groups is 1. The molecule has 3 N–H and O–H groups in total. The summed E-state index contributed by atoms with van der Waals surface area (Å²) >= 11 is 8.77. The van der Waals surface area contributed by atoms with Crippen LogP contribution < -0.4 is 4.74 Å². The topological polar surface area (TPSA) is 95.3 Å². The largest absolute Gasteiger partial charge is 0.438 e. The molecule has 9 heteroatoms. The molecule has 0 aliphatic carbocycles. The second-order valence-corrected chi connectivity index (χ2v) is 18.4. The standard InChI is InChI=1S/C52H49ClN6OS/c1-27-23-29(3)43(30(4)24-27)45-37-17-15-35(54-37)36-16-18-38(55-36)46(44-31(5)25-28(2)26-32(44)6)40-20-22-42(57-40)47(41-21-19-39(45)56-41)48-49(53)58-51(61-10)59-50(48)60-34-13-11-33(12-14-34)52(7,8)9/h11-26,54,56-57H,1-10H3. The van der Waals surface area contributed by atoms with Crippen LogP contribution in [0.25, 0.3) is 78.6 Å². The minimum atomic E-state index is -0.0107. The Balaban J connectivity index is 1.44. The number of nitrogens with zero attached hydrogens (tertiary/aromatic N) is 3. The minimum Gasteiger partial charge on any atom is -0.438 e. The molecule has 9 rings (SSSR count). The highest BCUT2D eigenvalue weighted by Gasteiger charge is 2.24. The molecule has 306 valence electrons. The van der Waals surface area contributed by atoms with Gasteiger partial charge in [-0.15, -0.1) is 0 Å². The van der Waals surface area contributed by atoms with Gasteiger partial charge in [-0.05, 0) is 153 Å². The van der Waals surface area contributed by atoms with Gasteiger partial charge in [-0.3, -0.25) is 0 Å². The summed E-state index contributed by atoms with van der Waals surface area (Å²) in [5.74, 6) is 1.00. The number of hydrogen-bond donors (Lipinski definition) is 3. The predicted octanol–water partition coefficient (Wildman–Crippen LogP) is 14.8. The molecule has 0 spiro atoms. The predicted molar refractivity (Wildman–Crippen MR) is 258 cm³/mol. The van der Waals surface area contributed by atoms with E-state index in [2.05, 4.69) is 162 Å². The quantitative estimate of drug-likeness (QED) is 0.0880. The van der Waals surface area contributed by atoms with Crippen LogP contribution in [0.1, 0.15) is 71.1 Å². The number of hydrogen-bond acceptors (Lipinski definition) is 5. The molecule has 6 heterocycles. The first kappa shape index (κ1) is 40.3. The number of halogens is 1. The molecule has 8 bridgehead atoms. The molecule has 5 aromatic heterocycles. The molecule has 1 aliphatic heterocycles. The molecule has 0 amide bonds. The Kier molecular flexibility index (Phi) is 10.2. The highest BCUT2D eigenvalue weighted by atomic mass is 35.5. The van der Waals surface area contributed by atoms with Gasteiger partial charge in [0, 0.05) is 44.3 Å². The summed E-state index contributed by atoms with van der Waals surface area (Å²) in [6.07, 6.45) is 6.17. The molecule has 0 radical (unpaired) electrons. The van der Waals surface area contributed by atoms with E-state index in [1.165, 1.54) is 50.7 Å². The molecule has 7 nitrogen and oxygen atoms in total. The van der Waals surface area contributed by atoms with Gasteiger partial charge < -0.3 is 19.7 Å². The lowest BCUT2D eigenvalue weighted by molar-refractivity contribution is 0.457. The van der Waals surface area contributed by atoms with Crippen molar-refractivity contribution in [1.82, 2.24) is 29.9 Å². The van der Waals surface area contributed by atoms with Crippen LogP contribution in [0.3, 0.4) is 0 Å². The molecule has 0 atom stereocenters. The van der Waals surface area contributed by atoms with Crippen molar-refractivity contribution in [2.75, 3.05) is 6.26 Å². The van der Waals surface area contributed by atoms with Crippen LogP contribution in [-0.2, 0) is 5.41 Å². The maximum atomic E-state index is 7.35. The lowest BCUT2D eigenvalue weighted by atomic mass is 9.87. The van der Waals surface area contributed by atoms with E-state index in [9.17, 15) is 0 Å². The number of ether oxygens (including phenoxy) is 1. The summed E-state index contributed by atoms with van der Waals surface area (Å²) < 4.78 is 6.76. The number of aryl methyl sites for hydroxylation is 6. The summed E-state index contributed by atoms with van der Waals surface area (Å²) in [6.45, 7) is 19.6. The number of H-pyrrole nitrogens is 3. The van der Waals surface area contributed by atoms with Crippen LogP contribution in [0.5, 0.6) is 11.6 Å². The maximum absolute atomic E-state index is 7.35. The fourth-order valence-corrected chi connectivity index (χ4v) is 9.66. The van der Waals surface area contributed by atoms with Crippen molar-refractivity contribution in [3.8, 4) is 45.0 Å². The first-order valence-electron chi connectivity index (χ1n) is 20.6. The van der Waals surface area contributed by atoms with Crippen molar-refractivity contribution in [2.45, 2.75) is 72.9 Å². The van der Waals surface area contributed by atoms with Gasteiger partial charge in [0.2, 0.25) is 5.88 Å². The van der Waals surface area contributed by atoms with Gasteiger partial charge in [-0.2, -0.15) is 4.98 Å². The maximum Gasteiger partial charge on any atom is 0.232 e. The zero-order chi connectivity index (χ0) is 42.9. The normalized spacial score (nSPS) is 12.2. The molecular weight excluding hydrogens is 792 g/mol. The second-order valence-electron chi connectivity index (χ2n) is 17.3. The Labute approximate surface area is 366 Å².